The van der Waals surface area contributed by atoms with E-state index < -0.39 is 6.36 Å². The van der Waals surface area contributed by atoms with Gasteiger partial charge in [0.05, 0.1) is 0 Å². The van der Waals surface area contributed by atoms with E-state index in [-0.39, 0.29) is 17.9 Å². The maximum absolute atomic E-state index is 11.9. The molecule has 0 saturated carbocycles. The van der Waals surface area contributed by atoms with Crippen molar-refractivity contribution in [1.82, 2.24) is 4.98 Å². The Morgan fingerprint density at radius 2 is 2.14 bits per heavy atom. The summed E-state index contributed by atoms with van der Waals surface area (Å²) in [6.07, 6.45) is -3.42. The molecule has 2 N–H and O–H groups in total. The van der Waals surface area contributed by atoms with Crippen LogP contribution in [0.1, 0.15) is 11.3 Å². The molecule has 0 fully saturated rings. The van der Waals surface area contributed by atoms with Crippen LogP contribution in [0.2, 0.25) is 0 Å². The van der Waals surface area contributed by atoms with Crippen molar-refractivity contribution >= 4 is 0 Å². The lowest BCUT2D eigenvalue weighted by atomic mass is 10.2. The van der Waals surface area contributed by atoms with E-state index in [0.29, 0.717) is 5.69 Å². The molecule has 78 valence electrons. The van der Waals surface area contributed by atoms with E-state index in [1.165, 1.54) is 12.3 Å². The third-order valence-electron chi connectivity index (χ3n) is 1.53. The number of alkyl halides is 3. The summed E-state index contributed by atoms with van der Waals surface area (Å²) in [5, 5.41) is 0. The number of rotatable bonds is 2. The standard InChI is InChI=1S/C8H9F3N2O/c1-5-2-7(14-8(9,10)11)6(3-12)4-13-5/h2,4H,3,12H2,1H3. The first-order chi connectivity index (χ1) is 6.42. The predicted molar refractivity (Wildman–Crippen MR) is 43.5 cm³/mol. The highest BCUT2D eigenvalue weighted by Crippen LogP contribution is 2.26. The summed E-state index contributed by atoms with van der Waals surface area (Å²) in [5.74, 6) is -0.285. The molecule has 6 heteroatoms. The molecule has 0 unspecified atom stereocenters. The molecule has 1 aromatic heterocycles. The molecule has 0 radical (unpaired) electrons. The molecule has 0 saturated heterocycles. The quantitative estimate of drug-likeness (QED) is 0.801. The van der Waals surface area contributed by atoms with Crippen molar-refractivity contribution in [3.05, 3.63) is 23.5 Å². The molecular formula is C8H9F3N2O. The zero-order valence-corrected chi connectivity index (χ0v) is 7.43. The predicted octanol–water partition coefficient (Wildman–Crippen LogP) is 1.75. The fourth-order valence-electron chi connectivity index (χ4n) is 0.936. The second-order valence-corrected chi connectivity index (χ2v) is 2.69. The van der Waals surface area contributed by atoms with E-state index in [2.05, 4.69) is 9.72 Å². The molecule has 0 spiro atoms. The molecule has 0 bridgehead atoms. The summed E-state index contributed by atoms with van der Waals surface area (Å²) in [6, 6.07) is 1.20. The summed E-state index contributed by atoms with van der Waals surface area (Å²) in [6.45, 7) is 1.53. The largest absolute Gasteiger partial charge is 0.573 e. The molecule has 0 atom stereocenters. The van der Waals surface area contributed by atoms with Crippen LogP contribution in [0.25, 0.3) is 0 Å². The van der Waals surface area contributed by atoms with Gasteiger partial charge in [0.1, 0.15) is 5.75 Å². The van der Waals surface area contributed by atoms with Crippen LogP contribution in [0.4, 0.5) is 13.2 Å². The van der Waals surface area contributed by atoms with Gasteiger partial charge in [-0.3, -0.25) is 4.98 Å². The van der Waals surface area contributed by atoms with Crippen molar-refractivity contribution in [1.29, 1.82) is 0 Å². The lowest BCUT2D eigenvalue weighted by Gasteiger charge is -2.12. The zero-order chi connectivity index (χ0) is 10.8. The topological polar surface area (TPSA) is 48.1 Å². The highest BCUT2D eigenvalue weighted by molar-refractivity contribution is 5.32. The van der Waals surface area contributed by atoms with E-state index in [1.54, 1.807) is 6.92 Å². The zero-order valence-electron chi connectivity index (χ0n) is 7.43. The number of halogens is 3. The fourth-order valence-corrected chi connectivity index (χ4v) is 0.936. The second-order valence-electron chi connectivity index (χ2n) is 2.69. The number of hydrogen-bond acceptors (Lipinski definition) is 3. The Labute approximate surface area is 78.7 Å². The van der Waals surface area contributed by atoms with Crippen LogP contribution in [0, 0.1) is 6.92 Å². The number of pyridine rings is 1. The Morgan fingerprint density at radius 3 is 2.64 bits per heavy atom. The van der Waals surface area contributed by atoms with E-state index in [4.69, 9.17) is 5.73 Å². The minimum Gasteiger partial charge on any atom is -0.405 e. The van der Waals surface area contributed by atoms with Crippen LogP contribution < -0.4 is 10.5 Å². The minimum atomic E-state index is -4.70. The normalized spacial score (nSPS) is 11.5. The molecule has 14 heavy (non-hydrogen) atoms. The lowest BCUT2D eigenvalue weighted by molar-refractivity contribution is -0.274. The van der Waals surface area contributed by atoms with Crippen molar-refractivity contribution in [2.45, 2.75) is 19.8 Å². The Morgan fingerprint density at radius 1 is 1.50 bits per heavy atom. The summed E-state index contributed by atoms with van der Waals surface area (Å²) in [7, 11) is 0. The summed E-state index contributed by atoms with van der Waals surface area (Å²) in [4.78, 5) is 3.81. The van der Waals surface area contributed by atoms with E-state index >= 15 is 0 Å². The van der Waals surface area contributed by atoms with Crippen molar-refractivity contribution in [2.75, 3.05) is 0 Å². The van der Waals surface area contributed by atoms with Crippen LogP contribution in [-0.2, 0) is 6.54 Å². The van der Waals surface area contributed by atoms with Gasteiger partial charge in [-0.25, -0.2) is 0 Å². The first-order valence-electron chi connectivity index (χ1n) is 3.83. The number of ether oxygens (including phenoxy) is 1. The van der Waals surface area contributed by atoms with Gasteiger partial charge < -0.3 is 10.5 Å². The van der Waals surface area contributed by atoms with Gasteiger partial charge in [-0.2, -0.15) is 0 Å². The van der Waals surface area contributed by atoms with Gasteiger partial charge in [0, 0.05) is 30.1 Å². The minimum absolute atomic E-state index is 0.0430. The number of aryl methyl sites for hydroxylation is 1. The number of nitrogens with zero attached hydrogens (tertiary/aromatic N) is 1. The highest BCUT2D eigenvalue weighted by Gasteiger charge is 2.32. The van der Waals surface area contributed by atoms with Gasteiger partial charge in [-0.15, -0.1) is 13.2 Å². The van der Waals surface area contributed by atoms with E-state index in [9.17, 15) is 13.2 Å². The van der Waals surface area contributed by atoms with Crippen molar-refractivity contribution in [3.63, 3.8) is 0 Å². The van der Waals surface area contributed by atoms with Gasteiger partial charge in [0.15, 0.2) is 0 Å². The molecule has 0 aliphatic carbocycles. The Kier molecular flexibility index (Phi) is 2.95. The fraction of sp³-hybridized carbons (Fsp3) is 0.375. The molecule has 0 aliphatic heterocycles. The van der Waals surface area contributed by atoms with Gasteiger partial charge >= 0.3 is 6.36 Å². The molecule has 1 heterocycles. The van der Waals surface area contributed by atoms with Crippen LogP contribution in [0.15, 0.2) is 12.3 Å². The summed E-state index contributed by atoms with van der Waals surface area (Å²) >= 11 is 0. The van der Waals surface area contributed by atoms with Gasteiger partial charge in [-0.05, 0) is 6.92 Å². The molecule has 1 rings (SSSR count). The third kappa shape index (κ3) is 2.88. The molecule has 0 aromatic carbocycles. The van der Waals surface area contributed by atoms with E-state index in [1.807, 2.05) is 0 Å². The Hall–Kier alpha value is -1.30. The molecule has 0 aliphatic rings. The van der Waals surface area contributed by atoms with E-state index in [0.717, 1.165) is 0 Å². The maximum Gasteiger partial charge on any atom is 0.573 e. The van der Waals surface area contributed by atoms with Gasteiger partial charge in [0.25, 0.3) is 0 Å². The van der Waals surface area contributed by atoms with Crippen LogP contribution >= 0.6 is 0 Å². The number of aromatic nitrogens is 1. The third-order valence-corrected chi connectivity index (χ3v) is 1.53. The average Bonchev–Trinajstić information content (AvgIpc) is 2.01. The molecule has 0 amide bonds. The Bertz CT molecular complexity index is 325. The second kappa shape index (κ2) is 3.83. The molecular weight excluding hydrogens is 197 g/mol. The highest BCUT2D eigenvalue weighted by atomic mass is 19.4. The average molecular weight is 206 g/mol. The van der Waals surface area contributed by atoms with Gasteiger partial charge in [-0.1, -0.05) is 0 Å². The summed E-state index contributed by atoms with van der Waals surface area (Å²) < 4.78 is 39.5. The van der Waals surface area contributed by atoms with Crippen LogP contribution in [0.5, 0.6) is 5.75 Å². The summed E-state index contributed by atoms with van der Waals surface area (Å²) in [5.41, 5.74) is 5.91. The van der Waals surface area contributed by atoms with Crippen molar-refractivity contribution in [3.8, 4) is 5.75 Å². The lowest BCUT2D eigenvalue weighted by Crippen LogP contribution is -2.19. The van der Waals surface area contributed by atoms with Crippen LogP contribution in [-0.4, -0.2) is 11.3 Å². The molecule has 3 nitrogen and oxygen atoms in total. The molecule has 1 aromatic rings. The first-order valence-corrected chi connectivity index (χ1v) is 3.83. The monoisotopic (exact) mass is 206 g/mol. The SMILES string of the molecule is Cc1cc(OC(F)(F)F)c(CN)cn1. The Balaban J connectivity index is 2.99. The smallest absolute Gasteiger partial charge is 0.405 e. The van der Waals surface area contributed by atoms with Crippen molar-refractivity contribution < 1.29 is 17.9 Å². The maximum atomic E-state index is 11.9. The van der Waals surface area contributed by atoms with Crippen molar-refractivity contribution in [2.24, 2.45) is 5.73 Å². The van der Waals surface area contributed by atoms with Gasteiger partial charge in [0.2, 0.25) is 0 Å². The number of hydrogen-bond donors (Lipinski definition) is 1. The first kappa shape index (κ1) is 10.8. The number of nitrogens with two attached hydrogens (primary N) is 1. The van der Waals surface area contributed by atoms with Crippen LogP contribution in [0.3, 0.4) is 0 Å².